The monoisotopic (exact) mass is 201 g/mol. The Kier molecular flexibility index (Phi) is 3.73. The third kappa shape index (κ3) is 2.36. The van der Waals surface area contributed by atoms with Gasteiger partial charge in [0.05, 0.1) is 32.6 Å². The number of rotatable bonds is 5. The van der Waals surface area contributed by atoms with Gasteiger partial charge in [0.15, 0.2) is 0 Å². The highest BCUT2D eigenvalue weighted by Gasteiger charge is 2.12. The average molecular weight is 201 g/mol. The van der Waals surface area contributed by atoms with Crippen molar-refractivity contribution < 1.29 is 14.6 Å². The number of ether oxygens (including phenoxy) is 2. The van der Waals surface area contributed by atoms with Gasteiger partial charge in [-0.25, -0.2) is 4.68 Å². The van der Waals surface area contributed by atoms with E-state index in [4.69, 9.17) is 15.2 Å². The minimum absolute atomic E-state index is 0.253. The van der Waals surface area contributed by atoms with Gasteiger partial charge < -0.3 is 20.3 Å². The first-order chi connectivity index (χ1) is 6.69. The number of aliphatic hydroxyl groups is 1. The summed E-state index contributed by atoms with van der Waals surface area (Å²) >= 11 is 0. The van der Waals surface area contributed by atoms with Gasteiger partial charge in [-0.05, 0) is 0 Å². The fourth-order valence-corrected chi connectivity index (χ4v) is 1.19. The molecule has 0 saturated carbocycles. The lowest BCUT2D eigenvalue weighted by molar-refractivity contribution is 0.0498. The third-order valence-corrected chi connectivity index (χ3v) is 1.75. The lowest BCUT2D eigenvalue weighted by Gasteiger charge is -2.11. The summed E-state index contributed by atoms with van der Waals surface area (Å²) in [5.74, 6) is 0.458. The third-order valence-electron chi connectivity index (χ3n) is 1.75. The van der Waals surface area contributed by atoms with Crippen molar-refractivity contribution in [1.82, 2.24) is 9.78 Å². The van der Waals surface area contributed by atoms with Crippen LogP contribution in [0.15, 0.2) is 6.20 Å². The number of anilines is 1. The Hall–Kier alpha value is -1.27. The van der Waals surface area contributed by atoms with Crippen LogP contribution in [0.5, 0.6) is 5.88 Å². The Labute approximate surface area is 82.2 Å². The molecule has 1 heterocycles. The maximum absolute atomic E-state index is 9.45. The highest BCUT2D eigenvalue weighted by Crippen LogP contribution is 2.19. The Morgan fingerprint density at radius 3 is 2.93 bits per heavy atom. The van der Waals surface area contributed by atoms with Crippen molar-refractivity contribution in [2.45, 2.75) is 12.6 Å². The molecule has 0 fully saturated rings. The molecule has 1 aromatic rings. The predicted molar refractivity (Wildman–Crippen MR) is 51.1 cm³/mol. The average Bonchev–Trinajstić information content (AvgIpc) is 2.47. The lowest BCUT2D eigenvalue weighted by Crippen LogP contribution is -2.22. The molecule has 0 amide bonds. The van der Waals surface area contributed by atoms with Crippen molar-refractivity contribution in [1.29, 1.82) is 0 Å². The molecule has 0 bridgehead atoms. The molecule has 0 saturated heterocycles. The van der Waals surface area contributed by atoms with E-state index in [2.05, 4.69) is 5.10 Å². The van der Waals surface area contributed by atoms with E-state index in [1.54, 1.807) is 0 Å². The Bertz CT molecular complexity index is 287. The topological polar surface area (TPSA) is 82.5 Å². The number of aliphatic hydroxyl groups excluding tert-OH is 1. The van der Waals surface area contributed by atoms with Crippen LogP contribution in [-0.2, 0) is 11.3 Å². The van der Waals surface area contributed by atoms with Crippen molar-refractivity contribution in [3.8, 4) is 5.88 Å². The molecule has 1 atom stereocenters. The van der Waals surface area contributed by atoms with E-state index in [1.807, 2.05) is 0 Å². The first-order valence-corrected chi connectivity index (χ1v) is 4.21. The zero-order chi connectivity index (χ0) is 10.6. The van der Waals surface area contributed by atoms with Gasteiger partial charge in [0.1, 0.15) is 5.69 Å². The van der Waals surface area contributed by atoms with Crippen molar-refractivity contribution in [3.05, 3.63) is 6.20 Å². The number of nitrogen functional groups attached to an aromatic ring is 1. The number of aromatic nitrogens is 2. The van der Waals surface area contributed by atoms with Crippen molar-refractivity contribution in [2.75, 3.05) is 26.6 Å². The van der Waals surface area contributed by atoms with Gasteiger partial charge in [-0.15, -0.1) is 0 Å². The van der Waals surface area contributed by atoms with Gasteiger partial charge in [0.25, 0.3) is 0 Å². The van der Waals surface area contributed by atoms with Crippen LogP contribution in [0, 0.1) is 0 Å². The molecule has 1 rings (SSSR count). The van der Waals surface area contributed by atoms with E-state index in [-0.39, 0.29) is 6.61 Å². The maximum atomic E-state index is 9.45. The van der Waals surface area contributed by atoms with Crippen LogP contribution in [-0.4, -0.2) is 41.8 Å². The summed E-state index contributed by atoms with van der Waals surface area (Å²) in [5, 5.41) is 13.4. The molecule has 0 unspecified atom stereocenters. The van der Waals surface area contributed by atoms with Crippen LogP contribution < -0.4 is 10.5 Å². The summed E-state index contributed by atoms with van der Waals surface area (Å²) in [6, 6.07) is 0. The van der Waals surface area contributed by atoms with Gasteiger partial charge in [-0.3, -0.25) is 0 Å². The summed E-state index contributed by atoms with van der Waals surface area (Å²) < 4.78 is 11.3. The van der Waals surface area contributed by atoms with E-state index >= 15 is 0 Å². The standard InChI is InChI=1S/C8H15N3O3/c1-13-5-6(12)4-11-8(14-2)7(9)3-10-11/h3,6,12H,4-5,9H2,1-2H3/t6-/m1/s1. The quantitative estimate of drug-likeness (QED) is 0.670. The fourth-order valence-electron chi connectivity index (χ4n) is 1.19. The summed E-state index contributed by atoms with van der Waals surface area (Å²) in [4.78, 5) is 0. The van der Waals surface area contributed by atoms with E-state index in [1.165, 1.54) is 25.1 Å². The van der Waals surface area contributed by atoms with E-state index in [9.17, 15) is 5.11 Å². The fraction of sp³-hybridized carbons (Fsp3) is 0.625. The second-order valence-corrected chi connectivity index (χ2v) is 2.90. The first-order valence-electron chi connectivity index (χ1n) is 4.21. The molecule has 0 aromatic carbocycles. The van der Waals surface area contributed by atoms with Crippen LogP contribution in [0.3, 0.4) is 0 Å². The van der Waals surface area contributed by atoms with E-state index in [0.29, 0.717) is 18.1 Å². The number of nitrogens with zero attached hydrogens (tertiary/aromatic N) is 2. The van der Waals surface area contributed by atoms with Crippen LogP contribution in [0.4, 0.5) is 5.69 Å². The second-order valence-electron chi connectivity index (χ2n) is 2.90. The minimum Gasteiger partial charge on any atom is -0.480 e. The van der Waals surface area contributed by atoms with Gasteiger partial charge in [0.2, 0.25) is 5.88 Å². The molecule has 3 N–H and O–H groups in total. The van der Waals surface area contributed by atoms with Crippen LogP contribution >= 0.6 is 0 Å². The maximum Gasteiger partial charge on any atom is 0.235 e. The van der Waals surface area contributed by atoms with Gasteiger partial charge >= 0.3 is 0 Å². The zero-order valence-corrected chi connectivity index (χ0v) is 8.30. The predicted octanol–water partition coefficient (Wildman–Crippen LogP) is -0.519. The van der Waals surface area contributed by atoms with Crippen LogP contribution in [0.2, 0.25) is 0 Å². The SMILES string of the molecule is COC[C@H](O)Cn1ncc(N)c1OC. The summed E-state index contributed by atoms with van der Waals surface area (Å²) in [6.45, 7) is 0.553. The van der Waals surface area contributed by atoms with Crippen molar-refractivity contribution in [2.24, 2.45) is 0 Å². The van der Waals surface area contributed by atoms with Gasteiger partial charge in [0, 0.05) is 7.11 Å². The van der Waals surface area contributed by atoms with Gasteiger partial charge in [-0.2, -0.15) is 5.10 Å². The second kappa shape index (κ2) is 4.83. The normalized spacial score (nSPS) is 12.8. The summed E-state index contributed by atoms with van der Waals surface area (Å²) in [6.07, 6.45) is 0.867. The van der Waals surface area contributed by atoms with E-state index < -0.39 is 6.10 Å². The Morgan fingerprint density at radius 1 is 1.64 bits per heavy atom. The number of hydrogen-bond donors (Lipinski definition) is 2. The highest BCUT2D eigenvalue weighted by atomic mass is 16.5. The lowest BCUT2D eigenvalue weighted by atomic mass is 10.4. The molecular weight excluding hydrogens is 186 g/mol. The molecule has 80 valence electrons. The molecule has 6 heteroatoms. The Morgan fingerprint density at radius 2 is 2.36 bits per heavy atom. The molecule has 0 radical (unpaired) electrons. The van der Waals surface area contributed by atoms with Crippen molar-refractivity contribution >= 4 is 5.69 Å². The summed E-state index contributed by atoms with van der Waals surface area (Å²) in [7, 11) is 3.03. The number of nitrogens with two attached hydrogens (primary N) is 1. The van der Waals surface area contributed by atoms with Crippen LogP contribution in [0.25, 0.3) is 0 Å². The summed E-state index contributed by atoms with van der Waals surface area (Å²) in [5.41, 5.74) is 6.04. The molecule has 0 aliphatic rings. The zero-order valence-electron chi connectivity index (χ0n) is 8.30. The smallest absolute Gasteiger partial charge is 0.235 e. The number of methoxy groups -OCH3 is 2. The Balaban J connectivity index is 2.66. The largest absolute Gasteiger partial charge is 0.480 e. The van der Waals surface area contributed by atoms with E-state index in [0.717, 1.165) is 0 Å². The first kappa shape index (κ1) is 10.8. The molecule has 6 nitrogen and oxygen atoms in total. The molecule has 0 spiro atoms. The molecule has 0 aliphatic carbocycles. The van der Waals surface area contributed by atoms with Crippen molar-refractivity contribution in [3.63, 3.8) is 0 Å². The highest BCUT2D eigenvalue weighted by molar-refractivity contribution is 5.46. The molecular formula is C8H15N3O3. The molecule has 14 heavy (non-hydrogen) atoms. The number of hydrogen-bond acceptors (Lipinski definition) is 5. The minimum atomic E-state index is -0.617. The van der Waals surface area contributed by atoms with Crippen LogP contribution in [0.1, 0.15) is 0 Å². The van der Waals surface area contributed by atoms with Gasteiger partial charge in [-0.1, -0.05) is 0 Å². The molecule has 0 aliphatic heterocycles. The molecule has 1 aromatic heterocycles.